The van der Waals surface area contributed by atoms with E-state index < -0.39 is 24.8 Å². The average molecular weight is 356 g/mol. The zero-order valence-electron chi connectivity index (χ0n) is 15.2. The average Bonchev–Trinajstić information content (AvgIpc) is 2.58. The first kappa shape index (κ1) is 23.0. The first-order valence-electron chi connectivity index (χ1n) is 8.02. The van der Waals surface area contributed by atoms with Crippen molar-refractivity contribution in [1.29, 1.82) is 0 Å². The Morgan fingerprint density at radius 1 is 1.32 bits per heavy atom. The summed E-state index contributed by atoms with van der Waals surface area (Å²) in [6.45, 7) is 3.86. The topological polar surface area (TPSA) is 102 Å². The van der Waals surface area contributed by atoms with Crippen LogP contribution in [0.1, 0.15) is 47.2 Å². The van der Waals surface area contributed by atoms with Gasteiger partial charge in [0.1, 0.15) is 0 Å². The second-order valence-corrected chi connectivity index (χ2v) is 5.38. The summed E-state index contributed by atoms with van der Waals surface area (Å²) in [5.41, 5.74) is 1.69. The minimum Gasteiger partial charge on any atom is -0.462 e. The van der Waals surface area contributed by atoms with Gasteiger partial charge in [-0.2, -0.15) is 0 Å². The summed E-state index contributed by atoms with van der Waals surface area (Å²) in [5.74, 6) is -1.18. The summed E-state index contributed by atoms with van der Waals surface area (Å²) in [5, 5.41) is 19.1. The van der Waals surface area contributed by atoms with Crippen molar-refractivity contribution in [2.75, 3.05) is 27.4 Å². The van der Waals surface area contributed by atoms with Crippen LogP contribution >= 0.6 is 0 Å². The highest BCUT2D eigenvalue weighted by atomic mass is 16.6. The molecule has 1 aromatic rings. The van der Waals surface area contributed by atoms with E-state index in [1.165, 1.54) is 0 Å². The van der Waals surface area contributed by atoms with Crippen LogP contribution in [-0.2, 0) is 19.0 Å². The van der Waals surface area contributed by atoms with Gasteiger partial charge in [0.15, 0.2) is 0 Å². The highest BCUT2D eigenvalue weighted by Crippen LogP contribution is 2.24. The molecule has 2 atom stereocenters. The Morgan fingerprint density at radius 2 is 1.96 bits per heavy atom. The predicted molar refractivity (Wildman–Crippen MR) is 92.3 cm³/mol. The van der Waals surface area contributed by atoms with E-state index in [0.717, 1.165) is 12.8 Å². The fraction of sp³-hybridized carbons (Fsp3) is 0.556. The smallest absolute Gasteiger partial charge is 0.338 e. The van der Waals surface area contributed by atoms with Gasteiger partial charge in [-0.05, 0) is 36.6 Å². The van der Waals surface area contributed by atoms with Crippen LogP contribution in [0.25, 0.3) is 0 Å². The number of aliphatic hydroxyl groups is 2. The molecule has 0 aliphatic carbocycles. The van der Waals surface area contributed by atoms with Crippen LogP contribution in [0.15, 0.2) is 18.2 Å². The lowest BCUT2D eigenvalue weighted by atomic mass is 9.93. The molecule has 25 heavy (non-hydrogen) atoms. The number of rotatable bonds is 9. The number of carbonyl (C=O) groups is 2. The zero-order chi connectivity index (χ0) is 19.2. The van der Waals surface area contributed by atoms with Crippen molar-refractivity contribution in [1.82, 2.24) is 0 Å². The van der Waals surface area contributed by atoms with Crippen molar-refractivity contribution in [3.05, 3.63) is 34.9 Å². The Hall–Kier alpha value is -1.96. The van der Waals surface area contributed by atoms with Gasteiger partial charge in [0.05, 0.1) is 24.7 Å². The Labute approximate surface area is 148 Å². The molecule has 0 amide bonds. The number of methoxy groups -OCH3 is 1. The van der Waals surface area contributed by atoms with E-state index in [9.17, 15) is 19.8 Å². The summed E-state index contributed by atoms with van der Waals surface area (Å²) in [7, 11) is 3.25. The van der Waals surface area contributed by atoms with Crippen molar-refractivity contribution >= 4 is 12.4 Å². The monoisotopic (exact) mass is 356 g/mol. The van der Waals surface area contributed by atoms with Gasteiger partial charge < -0.3 is 24.4 Å². The number of aryl methyl sites for hydroxylation is 1. The number of esters is 1. The van der Waals surface area contributed by atoms with Gasteiger partial charge in [-0.3, -0.25) is 4.79 Å². The molecule has 2 N–H and O–H groups in total. The van der Waals surface area contributed by atoms with Gasteiger partial charge >= 0.3 is 5.97 Å². The van der Waals surface area contributed by atoms with Crippen LogP contribution in [-0.4, -0.2) is 56.4 Å². The SMILES string of the molecule is CCCCOC(=O)c1ccc(C(CO)C(O)OC=O)c(C)c1.COC. The Bertz CT molecular complexity index is 516. The molecule has 1 rings (SSSR count). The van der Waals surface area contributed by atoms with E-state index >= 15 is 0 Å². The third-order valence-electron chi connectivity index (χ3n) is 3.37. The first-order valence-corrected chi connectivity index (χ1v) is 8.02. The molecule has 0 spiro atoms. The third kappa shape index (κ3) is 8.11. The molecule has 0 fully saturated rings. The summed E-state index contributed by atoms with van der Waals surface area (Å²) >= 11 is 0. The first-order chi connectivity index (χ1) is 12.0. The highest BCUT2D eigenvalue weighted by Gasteiger charge is 2.24. The van der Waals surface area contributed by atoms with Gasteiger partial charge in [0.25, 0.3) is 6.47 Å². The molecule has 0 saturated carbocycles. The van der Waals surface area contributed by atoms with E-state index in [-0.39, 0.29) is 6.47 Å². The van der Waals surface area contributed by atoms with Gasteiger partial charge in [0.2, 0.25) is 6.29 Å². The maximum atomic E-state index is 11.9. The summed E-state index contributed by atoms with van der Waals surface area (Å²) < 4.78 is 13.8. The normalized spacial score (nSPS) is 12.4. The minimum absolute atomic E-state index is 0.127. The molecule has 0 heterocycles. The fourth-order valence-corrected chi connectivity index (χ4v) is 2.11. The molecule has 2 unspecified atom stereocenters. The Morgan fingerprint density at radius 3 is 2.44 bits per heavy atom. The lowest BCUT2D eigenvalue weighted by Gasteiger charge is -2.21. The molecule has 0 saturated heterocycles. The van der Waals surface area contributed by atoms with Crippen molar-refractivity contribution < 1.29 is 34.0 Å². The van der Waals surface area contributed by atoms with Crippen LogP contribution in [0.3, 0.4) is 0 Å². The largest absolute Gasteiger partial charge is 0.462 e. The molecule has 0 radical (unpaired) electrons. The van der Waals surface area contributed by atoms with Crippen molar-refractivity contribution in [3.8, 4) is 0 Å². The van der Waals surface area contributed by atoms with Crippen LogP contribution in [0.5, 0.6) is 0 Å². The summed E-state index contributed by atoms with van der Waals surface area (Å²) in [4.78, 5) is 22.2. The minimum atomic E-state index is -1.44. The second-order valence-electron chi connectivity index (χ2n) is 5.38. The lowest BCUT2D eigenvalue weighted by Crippen LogP contribution is -2.25. The number of hydrogen-bond acceptors (Lipinski definition) is 7. The number of hydrogen-bond donors (Lipinski definition) is 2. The Kier molecular flexibility index (Phi) is 12.3. The van der Waals surface area contributed by atoms with E-state index in [1.807, 2.05) is 6.92 Å². The molecular weight excluding hydrogens is 328 g/mol. The van der Waals surface area contributed by atoms with Crippen molar-refractivity contribution in [2.45, 2.75) is 38.9 Å². The molecule has 1 aromatic carbocycles. The predicted octanol–water partition coefficient (Wildman–Crippen LogP) is 1.78. The molecule has 7 heteroatoms. The third-order valence-corrected chi connectivity index (χ3v) is 3.37. The molecule has 0 aromatic heterocycles. The fourth-order valence-electron chi connectivity index (χ4n) is 2.11. The summed E-state index contributed by atoms with van der Waals surface area (Å²) in [6.07, 6.45) is 0.311. The highest BCUT2D eigenvalue weighted by molar-refractivity contribution is 5.89. The van der Waals surface area contributed by atoms with Crippen molar-refractivity contribution in [3.63, 3.8) is 0 Å². The zero-order valence-corrected chi connectivity index (χ0v) is 15.2. The number of benzene rings is 1. The van der Waals surface area contributed by atoms with E-state index in [2.05, 4.69) is 9.47 Å². The van der Waals surface area contributed by atoms with Crippen molar-refractivity contribution in [2.24, 2.45) is 0 Å². The molecule has 142 valence electrons. The van der Waals surface area contributed by atoms with Crippen LogP contribution in [0, 0.1) is 6.92 Å². The van der Waals surface area contributed by atoms with Crippen LogP contribution in [0.2, 0.25) is 0 Å². The summed E-state index contributed by atoms with van der Waals surface area (Å²) in [6, 6.07) is 4.80. The van der Waals surface area contributed by atoms with Gasteiger partial charge in [-0.25, -0.2) is 4.79 Å². The van der Waals surface area contributed by atoms with Gasteiger partial charge in [0, 0.05) is 14.2 Å². The standard InChI is InChI=1S/C16H22O6.C2H6O/c1-3-4-7-21-15(19)12-5-6-13(11(2)8-12)14(9-17)16(20)22-10-18;1-3-2/h5-6,8,10,14,16-17,20H,3-4,7,9H2,1-2H3;1-2H3. The van der Waals surface area contributed by atoms with E-state index in [1.54, 1.807) is 39.3 Å². The number of carbonyl (C=O) groups excluding carboxylic acids is 2. The quantitative estimate of drug-likeness (QED) is 0.301. The van der Waals surface area contributed by atoms with Gasteiger partial charge in [-0.15, -0.1) is 0 Å². The number of ether oxygens (including phenoxy) is 3. The van der Waals surface area contributed by atoms with Crippen LogP contribution in [0.4, 0.5) is 0 Å². The van der Waals surface area contributed by atoms with Crippen LogP contribution < -0.4 is 0 Å². The molecule has 7 nitrogen and oxygen atoms in total. The second kappa shape index (κ2) is 13.3. The molecule has 0 aliphatic heterocycles. The molecule has 0 bridgehead atoms. The molecule has 0 aliphatic rings. The Balaban J connectivity index is 0.00000178. The number of unbranched alkanes of at least 4 members (excludes halogenated alkanes) is 1. The molecular formula is C18H28O7. The van der Waals surface area contributed by atoms with E-state index in [0.29, 0.717) is 23.3 Å². The maximum Gasteiger partial charge on any atom is 0.338 e. The maximum absolute atomic E-state index is 11.9. The van der Waals surface area contributed by atoms with Gasteiger partial charge in [-0.1, -0.05) is 19.4 Å². The number of aliphatic hydroxyl groups excluding tert-OH is 2. The lowest BCUT2D eigenvalue weighted by molar-refractivity contribution is -0.157. The van der Waals surface area contributed by atoms with E-state index in [4.69, 9.17) is 4.74 Å².